The van der Waals surface area contributed by atoms with Crippen LogP contribution in [0.5, 0.6) is 5.75 Å². The number of fused-ring (bicyclic) bond motifs is 1. The van der Waals surface area contributed by atoms with Gasteiger partial charge in [0.05, 0.1) is 12.8 Å². The molecule has 28 heavy (non-hydrogen) atoms. The summed E-state index contributed by atoms with van der Waals surface area (Å²) in [5.41, 5.74) is 0.832. The zero-order valence-corrected chi connectivity index (χ0v) is 16.2. The maximum absolute atomic E-state index is 13.8. The summed E-state index contributed by atoms with van der Waals surface area (Å²) < 4.78 is 21.2. The van der Waals surface area contributed by atoms with Crippen LogP contribution in [0.3, 0.4) is 0 Å². The number of halogens is 2. The minimum Gasteiger partial charge on any atom is -0.494 e. The molecular formula is C19H20ClFN4O3. The van der Waals surface area contributed by atoms with Crippen molar-refractivity contribution in [3.63, 3.8) is 0 Å². The number of ether oxygens (including phenoxy) is 1. The molecule has 0 aliphatic heterocycles. The van der Waals surface area contributed by atoms with Crippen molar-refractivity contribution >= 4 is 34.3 Å². The molecule has 0 saturated carbocycles. The van der Waals surface area contributed by atoms with Gasteiger partial charge in [-0.25, -0.2) is 14.2 Å². The monoisotopic (exact) mass is 406 g/mol. The molecule has 0 spiro atoms. The van der Waals surface area contributed by atoms with Gasteiger partial charge >= 0.3 is 5.97 Å². The number of carboxylic acid groups (broad SMARTS) is 1. The first kappa shape index (κ1) is 19.9. The predicted molar refractivity (Wildman–Crippen MR) is 105 cm³/mol. The number of benzene rings is 1. The second-order valence-electron chi connectivity index (χ2n) is 6.39. The van der Waals surface area contributed by atoms with Crippen LogP contribution in [-0.4, -0.2) is 45.8 Å². The van der Waals surface area contributed by atoms with Crippen molar-refractivity contribution in [2.24, 2.45) is 0 Å². The lowest BCUT2D eigenvalue weighted by molar-refractivity contribution is -0.140. The molecule has 7 nitrogen and oxygen atoms in total. The highest BCUT2D eigenvalue weighted by Crippen LogP contribution is 2.25. The van der Waals surface area contributed by atoms with Crippen molar-refractivity contribution in [2.45, 2.75) is 19.4 Å². The van der Waals surface area contributed by atoms with Crippen LogP contribution in [0.2, 0.25) is 5.28 Å². The highest BCUT2D eigenvalue weighted by Gasteiger charge is 2.15. The summed E-state index contributed by atoms with van der Waals surface area (Å²) in [5.74, 6) is -0.579. The number of nitrogens with zero attached hydrogens (tertiary/aromatic N) is 4. The first-order valence-corrected chi connectivity index (χ1v) is 9.10. The lowest BCUT2D eigenvalue weighted by atomic mass is 10.2. The summed E-state index contributed by atoms with van der Waals surface area (Å²) >= 11 is 5.71. The second-order valence-corrected chi connectivity index (χ2v) is 6.73. The Morgan fingerprint density at radius 3 is 2.96 bits per heavy atom. The number of anilines is 1. The summed E-state index contributed by atoms with van der Waals surface area (Å²) in [6, 6.07) is 6.73. The largest absolute Gasteiger partial charge is 0.494 e. The van der Waals surface area contributed by atoms with Gasteiger partial charge in [0.1, 0.15) is 11.8 Å². The van der Waals surface area contributed by atoms with Crippen molar-refractivity contribution in [3.05, 3.63) is 47.8 Å². The van der Waals surface area contributed by atoms with Gasteiger partial charge < -0.3 is 19.3 Å². The van der Waals surface area contributed by atoms with E-state index in [-0.39, 0.29) is 11.1 Å². The fourth-order valence-electron chi connectivity index (χ4n) is 2.89. The number of carbonyl (C=O) groups is 1. The molecule has 1 atom stereocenters. The Morgan fingerprint density at radius 1 is 1.43 bits per heavy atom. The second kappa shape index (κ2) is 8.43. The van der Waals surface area contributed by atoms with E-state index in [4.69, 9.17) is 16.3 Å². The fourth-order valence-corrected chi connectivity index (χ4v) is 3.02. The maximum atomic E-state index is 13.8. The molecule has 0 amide bonds. The summed E-state index contributed by atoms with van der Waals surface area (Å²) in [7, 11) is 1.72. The summed E-state index contributed by atoms with van der Waals surface area (Å²) in [6.45, 7) is 2.60. The van der Waals surface area contributed by atoms with Gasteiger partial charge in [0.25, 0.3) is 0 Å². The van der Waals surface area contributed by atoms with Crippen LogP contribution in [0.15, 0.2) is 36.7 Å². The normalized spacial score (nSPS) is 12.1. The first-order valence-electron chi connectivity index (χ1n) is 8.72. The van der Waals surface area contributed by atoms with Crippen LogP contribution in [-0.2, 0) is 4.79 Å². The minimum atomic E-state index is -0.886. The van der Waals surface area contributed by atoms with Crippen LogP contribution in [0, 0.1) is 5.82 Å². The van der Waals surface area contributed by atoms with Crippen LogP contribution in [0.25, 0.3) is 10.9 Å². The number of carboxylic acids is 1. The summed E-state index contributed by atoms with van der Waals surface area (Å²) in [6.07, 6.45) is 3.44. The Labute approximate surface area is 166 Å². The van der Waals surface area contributed by atoms with E-state index in [0.717, 1.165) is 17.1 Å². The molecule has 9 heteroatoms. The van der Waals surface area contributed by atoms with Gasteiger partial charge in [0, 0.05) is 30.7 Å². The maximum Gasteiger partial charge on any atom is 0.326 e. The van der Waals surface area contributed by atoms with Crippen LogP contribution >= 0.6 is 11.6 Å². The standard InChI is InChI=1S/C19H20ClFN4O3/c1-12(18(26)27)25-8-6-13-10-14(4-5-16(13)25)28-9-3-7-24(2)17-15(21)11-22-19(20)23-17/h4-6,8,10-12H,3,7,9H2,1-2H3,(H,26,27). The van der Waals surface area contributed by atoms with E-state index in [9.17, 15) is 14.3 Å². The van der Waals surface area contributed by atoms with Crippen molar-refractivity contribution in [3.8, 4) is 5.75 Å². The fraction of sp³-hybridized carbons (Fsp3) is 0.316. The minimum absolute atomic E-state index is 0.00282. The lowest BCUT2D eigenvalue weighted by Gasteiger charge is -2.18. The molecule has 0 bridgehead atoms. The van der Waals surface area contributed by atoms with Crippen molar-refractivity contribution in [1.82, 2.24) is 14.5 Å². The zero-order chi connectivity index (χ0) is 20.3. The Kier molecular flexibility index (Phi) is 5.99. The molecule has 1 aromatic carbocycles. The van der Waals surface area contributed by atoms with Gasteiger partial charge in [0.2, 0.25) is 5.28 Å². The lowest BCUT2D eigenvalue weighted by Crippen LogP contribution is -2.22. The van der Waals surface area contributed by atoms with Gasteiger partial charge in [-0.15, -0.1) is 0 Å². The smallest absolute Gasteiger partial charge is 0.326 e. The number of aromatic nitrogens is 3. The Balaban J connectivity index is 1.57. The molecule has 0 radical (unpaired) electrons. The Hall–Kier alpha value is -2.87. The molecule has 0 aliphatic carbocycles. The van der Waals surface area contributed by atoms with Gasteiger partial charge in [-0.05, 0) is 49.2 Å². The predicted octanol–water partition coefficient (Wildman–Crippen LogP) is 3.77. The molecule has 1 unspecified atom stereocenters. The number of rotatable bonds is 8. The Morgan fingerprint density at radius 2 is 2.21 bits per heavy atom. The van der Waals surface area contributed by atoms with Crippen LogP contribution < -0.4 is 9.64 Å². The van der Waals surface area contributed by atoms with Gasteiger partial charge in [-0.2, -0.15) is 4.98 Å². The van der Waals surface area contributed by atoms with E-state index in [2.05, 4.69) is 9.97 Å². The van der Waals surface area contributed by atoms with E-state index in [1.807, 2.05) is 18.2 Å². The number of aliphatic carboxylic acids is 1. The average Bonchev–Trinajstić information content (AvgIpc) is 3.09. The SMILES string of the molecule is CC(C(=O)O)n1ccc2cc(OCCCN(C)c3nc(Cl)ncc3F)ccc21. The molecule has 0 fully saturated rings. The molecule has 0 saturated heterocycles. The molecular weight excluding hydrogens is 387 g/mol. The average molecular weight is 407 g/mol. The highest BCUT2D eigenvalue weighted by atomic mass is 35.5. The summed E-state index contributed by atoms with van der Waals surface area (Å²) in [4.78, 5) is 20.3. The third-order valence-corrected chi connectivity index (χ3v) is 4.61. The van der Waals surface area contributed by atoms with Crippen molar-refractivity contribution in [2.75, 3.05) is 25.1 Å². The first-order chi connectivity index (χ1) is 13.4. The van der Waals surface area contributed by atoms with Gasteiger partial charge in [-0.3, -0.25) is 0 Å². The number of hydrogen-bond acceptors (Lipinski definition) is 5. The van der Waals surface area contributed by atoms with Gasteiger partial charge in [-0.1, -0.05) is 0 Å². The Bertz CT molecular complexity index is 994. The molecule has 0 aliphatic rings. The zero-order valence-electron chi connectivity index (χ0n) is 15.5. The third kappa shape index (κ3) is 4.33. The van der Waals surface area contributed by atoms with Gasteiger partial charge in [0.15, 0.2) is 11.6 Å². The quantitative estimate of drug-likeness (QED) is 0.453. The molecule has 2 heterocycles. The van der Waals surface area contributed by atoms with E-state index < -0.39 is 17.8 Å². The van der Waals surface area contributed by atoms with Crippen molar-refractivity contribution < 1.29 is 19.0 Å². The molecule has 3 rings (SSSR count). The van der Waals surface area contributed by atoms with Crippen LogP contribution in [0.1, 0.15) is 19.4 Å². The molecule has 148 valence electrons. The van der Waals surface area contributed by atoms with E-state index >= 15 is 0 Å². The molecule has 2 aromatic heterocycles. The third-order valence-electron chi connectivity index (χ3n) is 4.43. The van der Waals surface area contributed by atoms with Crippen molar-refractivity contribution in [1.29, 1.82) is 0 Å². The van der Waals surface area contributed by atoms with E-state index in [0.29, 0.717) is 25.3 Å². The number of hydrogen-bond donors (Lipinski definition) is 1. The highest BCUT2D eigenvalue weighted by molar-refractivity contribution is 6.28. The molecule has 3 aromatic rings. The van der Waals surface area contributed by atoms with Crippen LogP contribution in [0.4, 0.5) is 10.2 Å². The topological polar surface area (TPSA) is 80.5 Å². The molecule has 1 N–H and O–H groups in total. The van der Waals surface area contributed by atoms with E-state index in [1.54, 1.807) is 35.7 Å². The van der Waals surface area contributed by atoms with E-state index in [1.165, 1.54) is 0 Å². The summed E-state index contributed by atoms with van der Waals surface area (Å²) in [5, 5.41) is 10.1.